The van der Waals surface area contributed by atoms with Crippen LogP contribution in [0.1, 0.15) is 58.9 Å². The van der Waals surface area contributed by atoms with Crippen molar-refractivity contribution in [2.24, 2.45) is 0 Å². The standard InChI is InChI=1S/C31H35BrFN5O2/c1-21-11-17-38(40)23(3)30(21)31(39)35-14-10-22(2)36-15-12-28(13-16-36)37(27-7-5-26(32)6-8-27)20-25-18-24(19-34)4-9-29(25)33/h4-9,11,17-18,22,28H,10,12-16,20H2,1-3H3,(H,35,39). The highest BCUT2D eigenvalue weighted by Crippen LogP contribution is 2.29. The summed E-state index contributed by atoms with van der Waals surface area (Å²) in [4.78, 5) is 17.4. The molecule has 2 aromatic carbocycles. The first-order valence-electron chi connectivity index (χ1n) is 13.6. The molecule has 1 N–H and O–H groups in total. The van der Waals surface area contributed by atoms with Gasteiger partial charge in [-0.25, -0.2) is 4.39 Å². The Morgan fingerprint density at radius 3 is 2.60 bits per heavy atom. The minimum atomic E-state index is -0.305. The van der Waals surface area contributed by atoms with Crippen LogP contribution in [0.25, 0.3) is 0 Å². The quantitative estimate of drug-likeness (QED) is 0.260. The summed E-state index contributed by atoms with van der Waals surface area (Å²) in [5.74, 6) is -0.524. The molecule has 1 atom stereocenters. The first-order valence-corrected chi connectivity index (χ1v) is 14.4. The van der Waals surface area contributed by atoms with Crippen molar-refractivity contribution in [1.29, 1.82) is 5.26 Å². The number of aromatic nitrogens is 1. The number of nitrogens with one attached hydrogen (secondary N) is 1. The highest BCUT2D eigenvalue weighted by atomic mass is 79.9. The van der Waals surface area contributed by atoms with Crippen LogP contribution >= 0.6 is 15.9 Å². The normalized spacial score (nSPS) is 14.9. The number of carbonyl (C=O) groups excluding carboxylic acids is 1. The van der Waals surface area contributed by atoms with Gasteiger partial charge in [-0.3, -0.25) is 4.79 Å². The van der Waals surface area contributed by atoms with E-state index in [0.29, 0.717) is 35.5 Å². The van der Waals surface area contributed by atoms with Gasteiger partial charge >= 0.3 is 0 Å². The fraction of sp³-hybridized carbons (Fsp3) is 0.387. The van der Waals surface area contributed by atoms with Crippen molar-refractivity contribution in [2.75, 3.05) is 24.5 Å². The highest BCUT2D eigenvalue weighted by molar-refractivity contribution is 9.10. The monoisotopic (exact) mass is 607 g/mol. The van der Waals surface area contributed by atoms with Crippen LogP contribution < -0.4 is 14.9 Å². The van der Waals surface area contributed by atoms with E-state index in [1.165, 1.54) is 18.3 Å². The lowest BCUT2D eigenvalue weighted by atomic mass is 9.99. The fourth-order valence-corrected chi connectivity index (χ4v) is 5.69. The van der Waals surface area contributed by atoms with Crippen LogP contribution in [-0.4, -0.2) is 42.5 Å². The van der Waals surface area contributed by atoms with Gasteiger partial charge in [0.2, 0.25) is 5.69 Å². The van der Waals surface area contributed by atoms with Gasteiger partial charge in [0.05, 0.1) is 11.6 Å². The smallest absolute Gasteiger partial charge is 0.257 e. The molecule has 1 unspecified atom stereocenters. The molecule has 0 spiro atoms. The summed E-state index contributed by atoms with van der Waals surface area (Å²) in [5, 5.41) is 24.2. The van der Waals surface area contributed by atoms with Gasteiger partial charge in [0.1, 0.15) is 11.4 Å². The van der Waals surface area contributed by atoms with Gasteiger partial charge in [0.25, 0.3) is 5.91 Å². The van der Waals surface area contributed by atoms with Gasteiger partial charge in [-0.05, 0) is 81.1 Å². The minimum absolute atomic E-state index is 0.219. The van der Waals surface area contributed by atoms with E-state index in [2.05, 4.69) is 44.0 Å². The van der Waals surface area contributed by atoms with Crippen LogP contribution in [0.5, 0.6) is 0 Å². The third kappa shape index (κ3) is 6.98. The van der Waals surface area contributed by atoms with Crippen molar-refractivity contribution in [1.82, 2.24) is 10.2 Å². The minimum Gasteiger partial charge on any atom is -0.618 e. The largest absolute Gasteiger partial charge is 0.618 e. The van der Waals surface area contributed by atoms with Crippen molar-refractivity contribution >= 4 is 27.5 Å². The predicted octanol–water partition coefficient (Wildman–Crippen LogP) is 5.39. The maximum absolute atomic E-state index is 14.7. The van der Waals surface area contributed by atoms with Crippen LogP contribution in [0.4, 0.5) is 10.1 Å². The molecule has 1 aliphatic heterocycles. The number of halogens is 2. The van der Waals surface area contributed by atoms with Crippen LogP contribution in [0.15, 0.2) is 59.2 Å². The number of rotatable bonds is 9. The zero-order chi connectivity index (χ0) is 28.8. The number of aryl methyl sites for hydroxylation is 1. The number of hydrogen-bond donors (Lipinski definition) is 1. The molecule has 7 nitrogen and oxygen atoms in total. The SMILES string of the molecule is Cc1cc[n+]([O-])c(C)c1C(=O)NCCC(C)N1CCC(N(Cc2cc(C#N)ccc2F)c2ccc(Br)cc2)CC1. The van der Waals surface area contributed by atoms with E-state index in [9.17, 15) is 19.7 Å². The molecule has 0 bridgehead atoms. The van der Waals surface area contributed by atoms with Gasteiger partial charge < -0.3 is 20.3 Å². The van der Waals surface area contributed by atoms with Crippen molar-refractivity contribution in [2.45, 2.75) is 58.7 Å². The summed E-state index contributed by atoms with van der Waals surface area (Å²) in [5.41, 5.74) is 3.61. The summed E-state index contributed by atoms with van der Waals surface area (Å²) >= 11 is 3.50. The number of benzene rings is 2. The number of carbonyl (C=O) groups is 1. The topological polar surface area (TPSA) is 86.3 Å². The second-order valence-electron chi connectivity index (χ2n) is 10.5. The first kappa shape index (κ1) is 29.5. The Balaban J connectivity index is 1.37. The fourth-order valence-electron chi connectivity index (χ4n) is 5.43. The van der Waals surface area contributed by atoms with Crippen LogP contribution in [0.2, 0.25) is 0 Å². The summed E-state index contributed by atoms with van der Waals surface area (Å²) in [6, 6.07) is 16.8. The van der Waals surface area contributed by atoms with E-state index < -0.39 is 0 Å². The third-order valence-corrected chi connectivity index (χ3v) is 8.39. The zero-order valence-corrected chi connectivity index (χ0v) is 24.7. The van der Waals surface area contributed by atoms with E-state index in [1.54, 1.807) is 19.1 Å². The molecule has 9 heteroatoms. The van der Waals surface area contributed by atoms with Gasteiger partial charge in [-0.15, -0.1) is 0 Å². The maximum Gasteiger partial charge on any atom is 0.257 e. The molecule has 2 heterocycles. The first-order chi connectivity index (χ1) is 19.2. The molecule has 40 heavy (non-hydrogen) atoms. The van der Waals surface area contributed by atoms with Crippen molar-refractivity contribution in [3.05, 3.63) is 98.2 Å². The molecule has 1 aromatic heterocycles. The molecule has 3 aromatic rings. The predicted molar refractivity (Wildman–Crippen MR) is 157 cm³/mol. The van der Waals surface area contributed by atoms with Gasteiger partial charge in [-0.2, -0.15) is 9.99 Å². The Bertz CT molecular complexity index is 1380. The number of anilines is 1. The van der Waals surface area contributed by atoms with Crippen LogP contribution in [0.3, 0.4) is 0 Å². The Kier molecular flexibility index (Phi) is 9.77. The van der Waals surface area contributed by atoms with E-state index in [-0.39, 0.29) is 23.8 Å². The lowest BCUT2D eigenvalue weighted by molar-refractivity contribution is -0.612. The molecule has 1 amide bonds. The zero-order valence-electron chi connectivity index (χ0n) is 23.2. The molecular formula is C31H35BrFN5O2. The van der Waals surface area contributed by atoms with E-state index >= 15 is 0 Å². The highest BCUT2D eigenvalue weighted by Gasteiger charge is 2.28. The average molecular weight is 609 g/mol. The molecule has 4 rings (SSSR count). The summed E-state index contributed by atoms with van der Waals surface area (Å²) in [7, 11) is 0. The molecule has 0 saturated carbocycles. The molecule has 1 aliphatic rings. The molecule has 0 radical (unpaired) electrons. The van der Waals surface area contributed by atoms with E-state index in [4.69, 9.17) is 0 Å². The average Bonchev–Trinajstić information content (AvgIpc) is 2.95. The Morgan fingerprint density at radius 2 is 1.93 bits per heavy atom. The van der Waals surface area contributed by atoms with Gasteiger partial charge in [0.15, 0.2) is 6.20 Å². The molecule has 1 fully saturated rings. The second-order valence-corrected chi connectivity index (χ2v) is 11.4. The number of pyridine rings is 1. The van der Waals surface area contributed by atoms with Gasteiger partial charge in [0, 0.05) is 67.0 Å². The van der Waals surface area contributed by atoms with Crippen molar-refractivity contribution in [3.8, 4) is 6.07 Å². The summed E-state index contributed by atoms with van der Waals surface area (Å²) in [6.07, 6.45) is 4.04. The molecule has 0 aliphatic carbocycles. The molecular weight excluding hydrogens is 573 g/mol. The second kappa shape index (κ2) is 13.2. The van der Waals surface area contributed by atoms with E-state index in [0.717, 1.165) is 52.8 Å². The molecule has 210 valence electrons. The number of likely N-dealkylation sites (tertiary alicyclic amines) is 1. The number of piperidine rings is 1. The lowest BCUT2D eigenvalue weighted by Crippen LogP contribution is -2.48. The van der Waals surface area contributed by atoms with Crippen molar-refractivity contribution < 1.29 is 13.9 Å². The summed E-state index contributed by atoms with van der Waals surface area (Å²) < 4.78 is 16.4. The Morgan fingerprint density at radius 1 is 1.23 bits per heavy atom. The number of nitrogens with zero attached hydrogens (tertiary/aromatic N) is 4. The number of nitriles is 1. The Hall–Kier alpha value is -3.48. The van der Waals surface area contributed by atoms with Crippen LogP contribution in [0, 0.1) is 36.2 Å². The molecule has 1 saturated heterocycles. The third-order valence-electron chi connectivity index (χ3n) is 7.86. The Labute approximate surface area is 243 Å². The number of amides is 1. The van der Waals surface area contributed by atoms with Crippen molar-refractivity contribution in [3.63, 3.8) is 0 Å². The maximum atomic E-state index is 14.7. The van der Waals surface area contributed by atoms with Crippen LogP contribution in [-0.2, 0) is 6.54 Å². The van der Waals surface area contributed by atoms with E-state index in [1.807, 2.05) is 31.2 Å². The number of hydrogen-bond acceptors (Lipinski definition) is 5. The lowest BCUT2D eigenvalue weighted by Gasteiger charge is -2.42. The van der Waals surface area contributed by atoms with Gasteiger partial charge in [-0.1, -0.05) is 15.9 Å². The summed E-state index contributed by atoms with van der Waals surface area (Å²) in [6.45, 7) is 8.35.